The fourth-order valence-electron chi connectivity index (χ4n) is 1.57. The predicted octanol–water partition coefficient (Wildman–Crippen LogP) is -1.13. The van der Waals surface area contributed by atoms with Gasteiger partial charge in [-0.2, -0.15) is 0 Å². The van der Waals surface area contributed by atoms with E-state index in [9.17, 15) is 9.59 Å². The summed E-state index contributed by atoms with van der Waals surface area (Å²) in [4.78, 5) is 23.1. The van der Waals surface area contributed by atoms with Crippen molar-refractivity contribution in [2.75, 3.05) is 20.7 Å². The molecular weight excluding hydrogens is 238 g/mol. The van der Waals surface area contributed by atoms with Crippen LogP contribution in [0.15, 0.2) is 0 Å². The number of carbonyl (C=O) groups is 2. The minimum absolute atomic E-state index is 0.0960. The molecule has 1 rings (SSSR count). The van der Waals surface area contributed by atoms with Crippen LogP contribution in [0, 0.1) is 0 Å². The van der Waals surface area contributed by atoms with Crippen LogP contribution in [-0.4, -0.2) is 47.6 Å². The quantitative estimate of drug-likeness (QED) is 0.644. The maximum absolute atomic E-state index is 11.6. The standard InChI is InChI=1S/C10H17N5O3/c1-6(9(16)12-2)15-7(4-5-11)8(13-14-15)10(17)18-3/h6H,4-5,11H2,1-3H3,(H,12,16). The average Bonchev–Trinajstić information content (AvgIpc) is 2.80. The Morgan fingerprint density at radius 2 is 2.22 bits per heavy atom. The third-order valence-corrected chi connectivity index (χ3v) is 2.54. The van der Waals surface area contributed by atoms with Gasteiger partial charge in [-0.15, -0.1) is 5.10 Å². The van der Waals surface area contributed by atoms with E-state index in [1.165, 1.54) is 18.8 Å². The highest BCUT2D eigenvalue weighted by molar-refractivity contribution is 5.88. The molecule has 1 aromatic heterocycles. The van der Waals surface area contributed by atoms with E-state index >= 15 is 0 Å². The Bertz CT molecular complexity index is 443. The molecule has 0 saturated carbocycles. The van der Waals surface area contributed by atoms with Crippen molar-refractivity contribution < 1.29 is 14.3 Å². The lowest BCUT2D eigenvalue weighted by Crippen LogP contribution is -2.30. The second-order valence-corrected chi connectivity index (χ2v) is 3.65. The Kier molecular flexibility index (Phi) is 4.78. The monoisotopic (exact) mass is 255 g/mol. The van der Waals surface area contributed by atoms with Crippen molar-refractivity contribution in [1.29, 1.82) is 0 Å². The van der Waals surface area contributed by atoms with Gasteiger partial charge in [0.25, 0.3) is 0 Å². The predicted molar refractivity (Wildman–Crippen MR) is 62.9 cm³/mol. The van der Waals surface area contributed by atoms with Crippen molar-refractivity contribution in [2.24, 2.45) is 5.73 Å². The number of ether oxygens (including phenoxy) is 1. The normalized spacial score (nSPS) is 12.0. The van der Waals surface area contributed by atoms with Crippen LogP contribution in [0.3, 0.4) is 0 Å². The molecule has 1 aromatic rings. The van der Waals surface area contributed by atoms with Crippen LogP contribution in [0.1, 0.15) is 29.1 Å². The van der Waals surface area contributed by atoms with Gasteiger partial charge in [0.2, 0.25) is 5.91 Å². The van der Waals surface area contributed by atoms with E-state index in [-0.39, 0.29) is 11.6 Å². The summed E-state index contributed by atoms with van der Waals surface area (Å²) in [6.45, 7) is 1.98. The van der Waals surface area contributed by atoms with Crippen LogP contribution in [0.25, 0.3) is 0 Å². The molecule has 18 heavy (non-hydrogen) atoms. The Balaban J connectivity index is 3.16. The largest absolute Gasteiger partial charge is 0.464 e. The molecule has 0 fully saturated rings. The van der Waals surface area contributed by atoms with Gasteiger partial charge < -0.3 is 15.8 Å². The molecule has 0 aliphatic carbocycles. The number of hydrogen-bond donors (Lipinski definition) is 2. The third-order valence-electron chi connectivity index (χ3n) is 2.54. The first-order valence-corrected chi connectivity index (χ1v) is 5.50. The first-order chi connectivity index (χ1) is 8.56. The summed E-state index contributed by atoms with van der Waals surface area (Å²) in [7, 11) is 2.79. The molecule has 0 bridgehead atoms. The minimum Gasteiger partial charge on any atom is -0.464 e. The summed E-state index contributed by atoms with van der Waals surface area (Å²) in [5.41, 5.74) is 6.08. The Morgan fingerprint density at radius 3 is 2.72 bits per heavy atom. The number of nitrogens with one attached hydrogen (secondary N) is 1. The molecule has 1 atom stereocenters. The van der Waals surface area contributed by atoms with E-state index in [1.807, 2.05) is 0 Å². The van der Waals surface area contributed by atoms with Gasteiger partial charge in [0.05, 0.1) is 12.8 Å². The number of nitrogens with two attached hydrogens (primary N) is 1. The lowest BCUT2D eigenvalue weighted by molar-refractivity contribution is -0.123. The summed E-state index contributed by atoms with van der Waals surface area (Å²) >= 11 is 0. The molecule has 0 aromatic carbocycles. The number of hydrogen-bond acceptors (Lipinski definition) is 6. The molecule has 8 heteroatoms. The summed E-state index contributed by atoms with van der Waals surface area (Å²) in [5.74, 6) is -0.816. The highest BCUT2D eigenvalue weighted by atomic mass is 16.5. The first-order valence-electron chi connectivity index (χ1n) is 5.50. The van der Waals surface area contributed by atoms with Crippen molar-refractivity contribution in [1.82, 2.24) is 20.3 Å². The van der Waals surface area contributed by atoms with Gasteiger partial charge >= 0.3 is 5.97 Å². The molecule has 1 unspecified atom stereocenters. The van der Waals surface area contributed by atoms with Gasteiger partial charge in [0.1, 0.15) is 6.04 Å². The van der Waals surface area contributed by atoms with Crippen LogP contribution < -0.4 is 11.1 Å². The number of nitrogens with zero attached hydrogens (tertiary/aromatic N) is 3. The van der Waals surface area contributed by atoms with Gasteiger partial charge in [-0.25, -0.2) is 9.48 Å². The molecule has 3 N–H and O–H groups in total. The van der Waals surface area contributed by atoms with Crippen LogP contribution in [0.5, 0.6) is 0 Å². The molecule has 1 amide bonds. The van der Waals surface area contributed by atoms with Crippen LogP contribution in [0.4, 0.5) is 0 Å². The molecule has 0 aliphatic heterocycles. The number of aromatic nitrogens is 3. The van der Waals surface area contributed by atoms with Crippen LogP contribution in [-0.2, 0) is 16.0 Å². The van der Waals surface area contributed by atoms with E-state index < -0.39 is 12.0 Å². The molecule has 100 valence electrons. The number of likely N-dealkylation sites (N-methyl/N-ethyl adjacent to an activating group) is 1. The molecule has 0 saturated heterocycles. The Hall–Kier alpha value is -1.96. The molecule has 0 spiro atoms. The van der Waals surface area contributed by atoms with Gasteiger partial charge in [0.15, 0.2) is 5.69 Å². The molecule has 1 heterocycles. The SMILES string of the molecule is CNC(=O)C(C)n1nnc(C(=O)OC)c1CCN. The lowest BCUT2D eigenvalue weighted by Gasteiger charge is -2.13. The topological polar surface area (TPSA) is 112 Å². The zero-order valence-corrected chi connectivity index (χ0v) is 10.6. The van der Waals surface area contributed by atoms with Crippen LogP contribution in [0.2, 0.25) is 0 Å². The van der Waals surface area contributed by atoms with Crippen molar-refractivity contribution in [3.05, 3.63) is 11.4 Å². The average molecular weight is 255 g/mol. The zero-order valence-electron chi connectivity index (χ0n) is 10.6. The maximum atomic E-state index is 11.6. The van der Waals surface area contributed by atoms with Crippen molar-refractivity contribution in [2.45, 2.75) is 19.4 Å². The maximum Gasteiger partial charge on any atom is 0.360 e. The summed E-state index contributed by atoms with van der Waals surface area (Å²) in [6.07, 6.45) is 0.388. The zero-order chi connectivity index (χ0) is 13.7. The molecule has 8 nitrogen and oxygen atoms in total. The number of carbonyl (C=O) groups excluding carboxylic acids is 2. The lowest BCUT2D eigenvalue weighted by atomic mass is 10.2. The van der Waals surface area contributed by atoms with E-state index in [4.69, 9.17) is 5.73 Å². The van der Waals surface area contributed by atoms with E-state index in [0.29, 0.717) is 18.7 Å². The van der Waals surface area contributed by atoms with Gasteiger partial charge in [-0.3, -0.25) is 4.79 Å². The fourth-order valence-corrected chi connectivity index (χ4v) is 1.57. The number of amides is 1. The first kappa shape index (κ1) is 14.1. The fraction of sp³-hybridized carbons (Fsp3) is 0.600. The molecular formula is C10H17N5O3. The Labute approximate surface area is 104 Å². The summed E-state index contributed by atoms with van der Waals surface area (Å²) in [6, 6.07) is -0.567. The summed E-state index contributed by atoms with van der Waals surface area (Å²) in [5, 5.41) is 10.1. The van der Waals surface area contributed by atoms with Crippen molar-refractivity contribution in [3.63, 3.8) is 0 Å². The summed E-state index contributed by atoms with van der Waals surface area (Å²) < 4.78 is 5.99. The van der Waals surface area contributed by atoms with E-state index in [2.05, 4.69) is 20.4 Å². The smallest absolute Gasteiger partial charge is 0.360 e. The van der Waals surface area contributed by atoms with E-state index in [1.54, 1.807) is 6.92 Å². The minimum atomic E-state index is -0.589. The van der Waals surface area contributed by atoms with Gasteiger partial charge in [0, 0.05) is 13.5 Å². The highest BCUT2D eigenvalue weighted by Gasteiger charge is 2.24. The molecule has 0 radical (unpaired) electrons. The van der Waals surface area contributed by atoms with Crippen LogP contribution >= 0.6 is 0 Å². The van der Waals surface area contributed by atoms with Gasteiger partial charge in [-0.05, 0) is 13.5 Å². The number of esters is 1. The van der Waals surface area contributed by atoms with Crippen molar-refractivity contribution in [3.8, 4) is 0 Å². The van der Waals surface area contributed by atoms with E-state index in [0.717, 1.165) is 0 Å². The second kappa shape index (κ2) is 6.10. The molecule has 0 aliphatic rings. The number of rotatable bonds is 5. The van der Waals surface area contributed by atoms with Crippen molar-refractivity contribution >= 4 is 11.9 Å². The number of methoxy groups -OCH3 is 1. The highest BCUT2D eigenvalue weighted by Crippen LogP contribution is 2.13. The van der Waals surface area contributed by atoms with Gasteiger partial charge in [-0.1, -0.05) is 5.21 Å². The second-order valence-electron chi connectivity index (χ2n) is 3.65. The third kappa shape index (κ3) is 2.65. The Morgan fingerprint density at radius 1 is 1.56 bits per heavy atom.